The van der Waals surface area contributed by atoms with Crippen molar-refractivity contribution >= 4 is 17.7 Å². The zero-order valence-electron chi connectivity index (χ0n) is 10.7. The Morgan fingerprint density at radius 2 is 2.12 bits per heavy atom. The smallest absolute Gasteiger partial charge is 0.326 e. The normalized spacial score (nSPS) is 18.6. The summed E-state index contributed by atoms with van der Waals surface area (Å²) < 4.78 is 4.78. The van der Waals surface area contributed by atoms with Crippen LogP contribution < -0.4 is 5.32 Å². The summed E-state index contributed by atoms with van der Waals surface area (Å²) in [6, 6.07) is 0. The number of hydrogen-bond donors (Lipinski definition) is 2. The molecule has 0 heterocycles. The number of likely N-dealkylation sites (N-methyl/N-ethyl adjacent to an activating group) is 1. The number of nitrogens with one attached hydrogen (secondary N) is 1. The molecule has 5 heteroatoms. The maximum atomic E-state index is 11.6. The Morgan fingerprint density at radius 3 is 2.50 bits per heavy atom. The van der Waals surface area contributed by atoms with Gasteiger partial charge >= 0.3 is 5.97 Å². The second kappa shape index (κ2) is 7.14. The molecule has 0 amide bonds. The largest absolute Gasteiger partial charge is 0.468 e. The van der Waals surface area contributed by atoms with Crippen LogP contribution in [0.1, 0.15) is 27.7 Å². The number of thioether (sulfide) groups is 1. The van der Waals surface area contributed by atoms with E-state index in [1.165, 1.54) is 7.11 Å². The Bertz CT molecular complexity index is 223. The molecule has 3 unspecified atom stereocenters. The maximum Gasteiger partial charge on any atom is 0.326 e. The number of carbonyl (C=O) groups is 1. The van der Waals surface area contributed by atoms with Crippen LogP contribution in [0.25, 0.3) is 0 Å². The van der Waals surface area contributed by atoms with Crippen LogP contribution in [0.5, 0.6) is 0 Å². The first kappa shape index (κ1) is 15.7. The van der Waals surface area contributed by atoms with E-state index in [1.807, 2.05) is 20.8 Å². The fraction of sp³-hybridized carbons (Fsp3) is 0.909. The van der Waals surface area contributed by atoms with Crippen LogP contribution in [0.2, 0.25) is 0 Å². The quantitative estimate of drug-likeness (QED) is 0.660. The van der Waals surface area contributed by atoms with Gasteiger partial charge in [0.25, 0.3) is 0 Å². The molecule has 0 aromatic rings. The van der Waals surface area contributed by atoms with Crippen LogP contribution in [0.3, 0.4) is 0 Å². The van der Waals surface area contributed by atoms with Gasteiger partial charge in [-0.1, -0.05) is 13.8 Å². The van der Waals surface area contributed by atoms with Gasteiger partial charge in [0.15, 0.2) is 0 Å². The van der Waals surface area contributed by atoms with Gasteiger partial charge in [-0.25, -0.2) is 0 Å². The molecule has 0 saturated heterocycles. The van der Waals surface area contributed by atoms with Crippen molar-refractivity contribution in [3.8, 4) is 0 Å². The van der Waals surface area contributed by atoms with Crippen molar-refractivity contribution in [2.75, 3.05) is 19.4 Å². The summed E-state index contributed by atoms with van der Waals surface area (Å²) in [4.78, 5) is 11.6. The first-order chi connectivity index (χ1) is 7.37. The first-order valence-corrected chi connectivity index (χ1v) is 6.55. The first-order valence-electron chi connectivity index (χ1n) is 5.50. The molecule has 0 aliphatic heterocycles. The van der Waals surface area contributed by atoms with Crippen LogP contribution in [0.4, 0.5) is 0 Å². The molecule has 0 bridgehead atoms. The topological polar surface area (TPSA) is 58.6 Å². The zero-order chi connectivity index (χ0) is 12.8. The minimum atomic E-state index is -0.683. The van der Waals surface area contributed by atoms with E-state index >= 15 is 0 Å². The average Bonchev–Trinajstić information content (AvgIpc) is 2.24. The van der Waals surface area contributed by atoms with E-state index in [0.717, 1.165) is 0 Å². The summed E-state index contributed by atoms with van der Waals surface area (Å²) in [5.74, 6) is 0.319. The van der Waals surface area contributed by atoms with Crippen LogP contribution >= 0.6 is 11.8 Å². The van der Waals surface area contributed by atoms with Gasteiger partial charge < -0.3 is 15.2 Å². The molecule has 0 fully saturated rings. The number of aliphatic hydroxyl groups is 1. The minimum absolute atomic E-state index is 0.0997. The fourth-order valence-corrected chi connectivity index (χ4v) is 2.33. The van der Waals surface area contributed by atoms with E-state index in [9.17, 15) is 9.90 Å². The standard InChI is InChI=1S/C11H23NO3S/c1-6-12-11(4,10(14)15-5)7-16-9(3)8(2)13/h8-9,12-13H,6-7H2,1-5H3. The molecule has 16 heavy (non-hydrogen) atoms. The van der Waals surface area contributed by atoms with Crippen LogP contribution in [0.15, 0.2) is 0 Å². The molecule has 0 saturated carbocycles. The summed E-state index contributed by atoms with van der Waals surface area (Å²) in [6.07, 6.45) is -0.381. The number of methoxy groups -OCH3 is 1. The summed E-state index contributed by atoms with van der Waals surface area (Å²) in [6.45, 7) is 8.17. The zero-order valence-corrected chi connectivity index (χ0v) is 11.6. The Kier molecular flexibility index (Phi) is 7.03. The van der Waals surface area contributed by atoms with Crippen LogP contribution in [0, 0.1) is 0 Å². The monoisotopic (exact) mass is 249 g/mol. The van der Waals surface area contributed by atoms with Gasteiger partial charge in [0.2, 0.25) is 0 Å². The van der Waals surface area contributed by atoms with Gasteiger partial charge in [0.1, 0.15) is 5.54 Å². The summed E-state index contributed by atoms with van der Waals surface area (Å²) in [5, 5.41) is 12.6. The second-order valence-corrected chi connectivity index (χ2v) is 5.48. The lowest BCUT2D eigenvalue weighted by atomic mass is 10.1. The van der Waals surface area contributed by atoms with Gasteiger partial charge in [-0.3, -0.25) is 4.79 Å². The highest BCUT2D eigenvalue weighted by Crippen LogP contribution is 2.21. The summed E-state index contributed by atoms with van der Waals surface area (Å²) in [7, 11) is 1.39. The third-order valence-corrected chi connectivity index (χ3v) is 4.18. The van der Waals surface area contributed by atoms with E-state index < -0.39 is 5.54 Å². The Balaban J connectivity index is 4.38. The van der Waals surface area contributed by atoms with Gasteiger partial charge in [-0.15, -0.1) is 0 Å². The number of hydrogen-bond acceptors (Lipinski definition) is 5. The van der Waals surface area contributed by atoms with Crippen molar-refractivity contribution in [2.24, 2.45) is 0 Å². The highest BCUT2D eigenvalue weighted by atomic mass is 32.2. The van der Waals surface area contributed by atoms with Crippen molar-refractivity contribution < 1.29 is 14.6 Å². The molecule has 0 aliphatic rings. The number of rotatable bonds is 7. The Morgan fingerprint density at radius 1 is 1.56 bits per heavy atom. The number of aliphatic hydroxyl groups excluding tert-OH is 1. The van der Waals surface area contributed by atoms with Gasteiger partial charge in [0, 0.05) is 11.0 Å². The predicted molar refractivity (Wildman–Crippen MR) is 67.7 cm³/mol. The third kappa shape index (κ3) is 4.72. The summed E-state index contributed by atoms with van der Waals surface area (Å²) >= 11 is 1.56. The highest BCUT2D eigenvalue weighted by molar-refractivity contribution is 8.00. The summed E-state index contributed by atoms with van der Waals surface area (Å²) in [5.41, 5.74) is -0.683. The molecule has 4 nitrogen and oxygen atoms in total. The van der Waals surface area contributed by atoms with Gasteiger partial charge in [-0.2, -0.15) is 11.8 Å². The molecule has 0 aliphatic carbocycles. The average molecular weight is 249 g/mol. The Labute approximate surface area is 102 Å². The van der Waals surface area contributed by atoms with Gasteiger partial charge in [0.05, 0.1) is 13.2 Å². The lowest BCUT2D eigenvalue weighted by Crippen LogP contribution is -2.52. The molecule has 2 N–H and O–H groups in total. The van der Waals surface area contributed by atoms with Crippen LogP contribution in [-0.2, 0) is 9.53 Å². The van der Waals surface area contributed by atoms with Crippen molar-refractivity contribution in [3.63, 3.8) is 0 Å². The molecule has 0 spiro atoms. The maximum absolute atomic E-state index is 11.6. The highest BCUT2D eigenvalue weighted by Gasteiger charge is 2.34. The number of esters is 1. The minimum Gasteiger partial charge on any atom is -0.468 e. The Hall–Kier alpha value is -0.260. The molecule has 0 radical (unpaired) electrons. The molecular formula is C11H23NO3S. The van der Waals surface area contributed by atoms with Crippen molar-refractivity contribution in [3.05, 3.63) is 0 Å². The van der Waals surface area contributed by atoms with E-state index in [-0.39, 0.29) is 17.3 Å². The van der Waals surface area contributed by atoms with E-state index in [4.69, 9.17) is 4.74 Å². The lowest BCUT2D eigenvalue weighted by Gasteiger charge is -2.28. The molecular weight excluding hydrogens is 226 g/mol. The molecule has 0 rings (SSSR count). The van der Waals surface area contributed by atoms with E-state index in [2.05, 4.69) is 5.32 Å². The molecule has 0 aromatic carbocycles. The molecule has 3 atom stereocenters. The molecule has 96 valence electrons. The molecule has 0 aromatic heterocycles. The lowest BCUT2D eigenvalue weighted by molar-refractivity contribution is -0.146. The van der Waals surface area contributed by atoms with Crippen molar-refractivity contribution in [1.29, 1.82) is 0 Å². The fourth-order valence-electron chi connectivity index (χ4n) is 1.23. The third-order valence-electron chi connectivity index (χ3n) is 2.52. The van der Waals surface area contributed by atoms with E-state index in [1.54, 1.807) is 18.7 Å². The van der Waals surface area contributed by atoms with Crippen molar-refractivity contribution in [2.45, 2.75) is 44.6 Å². The predicted octanol–water partition coefficient (Wildman–Crippen LogP) is 1.03. The number of carbonyl (C=O) groups excluding carboxylic acids is 1. The van der Waals surface area contributed by atoms with E-state index in [0.29, 0.717) is 12.3 Å². The number of ether oxygens (including phenoxy) is 1. The van der Waals surface area contributed by atoms with Crippen LogP contribution in [-0.4, -0.2) is 47.4 Å². The SMILES string of the molecule is CCNC(C)(CSC(C)C(C)O)C(=O)OC. The van der Waals surface area contributed by atoms with Crippen molar-refractivity contribution in [1.82, 2.24) is 5.32 Å². The second-order valence-electron chi connectivity index (χ2n) is 4.11. The van der Waals surface area contributed by atoms with Gasteiger partial charge in [-0.05, 0) is 20.4 Å².